The number of rotatable bonds is 2. The van der Waals surface area contributed by atoms with Crippen LogP contribution in [0.15, 0.2) is 22.7 Å². The highest BCUT2D eigenvalue weighted by atomic mass is 79.9. The maximum Gasteiger partial charge on any atom is 0.408 e. The highest BCUT2D eigenvalue weighted by Crippen LogP contribution is 2.32. The van der Waals surface area contributed by atoms with Crippen molar-refractivity contribution in [2.24, 2.45) is 0 Å². The molecule has 1 aromatic carbocycles. The van der Waals surface area contributed by atoms with Gasteiger partial charge in [0.15, 0.2) is 0 Å². The fourth-order valence-corrected chi connectivity index (χ4v) is 2.63. The van der Waals surface area contributed by atoms with Gasteiger partial charge in [0.05, 0.1) is 6.04 Å². The highest BCUT2D eigenvalue weighted by molar-refractivity contribution is 9.10. The predicted octanol–water partition coefficient (Wildman–Crippen LogP) is 4.60. The summed E-state index contributed by atoms with van der Waals surface area (Å²) < 4.78 is 1.01. The molecule has 3 nitrogen and oxygen atoms in total. The first kappa shape index (κ1) is 15.0. The Hall–Kier alpha value is -1.03. The van der Waals surface area contributed by atoms with Crippen molar-refractivity contribution >= 4 is 22.0 Å². The molecule has 1 rings (SSSR count). The quantitative estimate of drug-likeness (QED) is 0.867. The minimum atomic E-state index is -0.894. The third-order valence-corrected chi connectivity index (χ3v) is 3.93. The fourth-order valence-electron chi connectivity index (χ4n) is 2.25. The molecule has 0 spiro atoms. The minimum absolute atomic E-state index is 0.181. The van der Waals surface area contributed by atoms with Crippen LogP contribution in [0.2, 0.25) is 0 Å². The van der Waals surface area contributed by atoms with E-state index < -0.39 is 11.6 Å². The normalized spacial score (nSPS) is 13.2. The molecule has 0 aliphatic carbocycles. The van der Waals surface area contributed by atoms with Gasteiger partial charge in [0, 0.05) is 10.0 Å². The first-order valence-corrected chi connectivity index (χ1v) is 6.73. The smallest absolute Gasteiger partial charge is 0.408 e. The molecule has 0 saturated heterocycles. The van der Waals surface area contributed by atoms with Crippen LogP contribution in [0, 0.1) is 6.92 Å². The Kier molecular flexibility index (Phi) is 4.43. The van der Waals surface area contributed by atoms with Crippen LogP contribution >= 0.6 is 15.9 Å². The molecule has 100 valence electrons. The molecule has 4 heteroatoms. The van der Waals surface area contributed by atoms with Crippen LogP contribution in [0.1, 0.15) is 44.9 Å². The van der Waals surface area contributed by atoms with Crippen molar-refractivity contribution < 1.29 is 9.90 Å². The Balaban J connectivity index is 3.23. The zero-order valence-corrected chi connectivity index (χ0v) is 13.1. The summed E-state index contributed by atoms with van der Waals surface area (Å²) in [7, 11) is 0. The standard InChI is InChI=1S/C14H20BrNO2/c1-9-11(7-6-8-12(9)15)10(2)16(13(17)18)14(3,4)5/h6-8,10H,1-5H3,(H,17,18). The SMILES string of the molecule is Cc1c(Br)cccc1C(C)N(C(=O)O)C(C)(C)C. The van der Waals surface area contributed by atoms with E-state index in [1.165, 1.54) is 4.90 Å². The van der Waals surface area contributed by atoms with E-state index in [9.17, 15) is 9.90 Å². The average Bonchev–Trinajstić information content (AvgIpc) is 2.19. The number of hydrogen-bond donors (Lipinski definition) is 1. The van der Waals surface area contributed by atoms with Gasteiger partial charge in [-0.2, -0.15) is 0 Å². The van der Waals surface area contributed by atoms with E-state index in [4.69, 9.17) is 0 Å². The van der Waals surface area contributed by atoms with Crippen molar-refractivity contribution in [3.05, 3.63) is 33.8 Å². The van der Waals surface area contributed by atoms with Crippen LogP contribution in [0.25, 0.3) is 0 Å². The van der Waals surface area contributed by atoms with Gasteiger partial charge in [-0.3, -0.25) is 4.90 Å². The zero-order chi connectivity index (χ0) is 14.1. The van der Waals surface area contributed by atoms with E-state index in [1.54, 1.807) is 0 Å². The number of carbonyl (C=O) groups is 1. The lowest BCUT2D eigenvalue weighted by Crippen LogP contribution is -2.46. The summed E-state index contributed by atoms with van der Waals surface area (Å²) in [5, 5.41) is 9.42. The number of benzene rings is 1. The molecular weight excluding hydrogens is 294 g/mol. The predicted molar refractivity (Wildman–Crippen MR) is 76.9 cm³/mol. The van der Waals surface area contributed by atoms with Crippen LogP contribution in [-0.4, -0.2) is 21.6 Å². The Morgan fingerprint density at radius 2 is 1.94 bits per heavy atom. The molecule has 0 aliphatic heterocycles. The third-order valence-electron chi connectivity index (χ3n) is 3.08. The molecule has 0 bridgehead atoms. The van der Waals surface area contributed by atoms with E-state index in [1.807, 2.05) is 52.8 Å². The van der Waals surface area contributed by atoms with Gasteiger partial charge in [0.1, 0.15) is 0 Å². The van der Waals surface area contributed by atoms with Gasteiger partial charge in [-0.15, -0.1) is 0 Å². The van der Waals surface area contributed by atoms with Gasteiger partial charge in [0.25, 0.3) is 0 Å². The number of nitrogens with zero attached hydrogens (tertiary/aromatic N) is 1. The molecule has 0 aromatic heterocycles. The van der Waals surface area contributed by atoms with Gasteiger partial charge in [-0.05, 0) is 51.8 Å². The lowest BCUT2D eigenvalue weighted by molar-refractivity contribution is 0.0751. The summed E-state index contributed by atoms with van der Waals surface area (Å²) in [6, 6.07) is 5.70. The minimum Gasteiger partial charge on any atom is -0.465 e. The molecule has 0 aliphatic rings. The van der Waals surface area contributed by atoms with Crippen molar-refractivity contribution in [1.82, 2.24) is 4.90 Å². The van der Waals surface area contributed by atoms with E-state index in [0.717, 1.165) is 15.6 Å². The van der Waals surface area contributed by atoms with E-state index >= 15 is 0 Å². The maximum atomic E-state index is 11.5. The summed E-state index contributed by atoms with van der Waals surface area (Å²) in [4.78, 5) is 13.0. The lowest BCUT2D eigenvalue weighted by atomic mass is 9.97. The Labute approximate surface area is 117 Å². The summed E-state index contributed by atoms with van der Waals surface area (Å²) >= 11 is 3.49. The number of halogens is 1. The molecule has 1 amide bonds. The molecule has 0 fully saturated rings. The van der Waals surface area contributed by atoms with Crippen molar-refractivity contribution in [3.63, 3.8) is 0 Å². The van der Waals surface area contributed by atoms with E-state index in [2.05, 4.69) is 15.9 Å². The van der Waals surface area contributed by atoms with Crippen LogP contribution in [-0.2, 0) is 0 Å². The Morgan fingerprint density at radius 3 is 2.39 bits per heavy atom. The fraction of sp³-hybridized carbons (Fsp3) is 0.500. The summed E-state index contributed by atoms with van der Waals surface area (Å²) in [6.07, 6.45) is -0.894. The van der Waals surface area contributed by atoms with Crippen LogP contribution in [0.5, 0.6) is 0 Å². The molecule has 0 heterocycles. The van der Waals surface area contributed by atoms with Gasteiger partial charge >= 0.3 is 6.09 Å². The molecule has 1 atom stereocenters. The van der Waals surface area contributed by atoms with Crippen molar-refractivity contribution in [3.8, 4) is 0 Å². The summed E-state index contributed by atoms with van der Waals surface area (Å²) in [5.41, 5.74) is 1.68. The van der Waals surface area contributed by atoms with E-state index in [-0.39, 0.29) is 6.04 Å². The van der Waals surface area contributed by atoms with Crippen LogP contribution < -0.4 is 0 Å². The van der Waals surface area contributed by atoms with Gasteiger partial charge in [0.2, 0.25) is 0 Å². The molecule has 18 heavy (non-hydrogen) atoms. The second-order valence-electron chi connectivity index (χ2n) is 5.45. The lowest BCUT2D eigenvalue weighted by Gasteiger charge is -2.38. The summed E-state index contributed by atoms with van der Waals surface area (Å²) in [5.74, 6) is 0. The first-order valence-electron chi connectivity index (χ1n) is 5.93. The Bertz CT molecular complexity index is 452. The zero-order valence-electron chi connectivity index (χ0n) is 11.5. The molecule has 0 saturated carbocycles. The van der Waals surface area contributed by atoms with E-state index in [0.29, 0.717) is 0 Å². The van der Waals surface area contributed by atoms with Crippen molar-refractivity contribution in [2.45, 2.75) is 46.2 Å². The Morgan fingerprint density at radius 1 is 1.39 bits per heavy atom. The highest BCUT2D eigenvalue weighted by Gasteiger charge is 2.32. The summed E-state index contributed by atoms with van der Waals surface area (Å²) in [6.45, 7) is 9.65. The monoisotopic (exact) mass is 313 g/mol. The molecule has 0 radical (unpaired) electrons. The van der Waals surface area contributed by atoms with Gasteiger partial charge in [-0.25, -0.2) is 4.79 Å². The molecule has 1 aromatic rings. The van der Waals surface area contributed by atoms with Crippen molar-refractivity contribution in [1.29, 1.82) is 0 Å². The van der Waals surface area contributed by atoms with Crippen molar-refractivity contribution in [2.75, 3.05) is 0 Å². The number of carboxylic acid groups (broad SMARTS) is 1. The number of hydrogen-bond acceptors (Lipinski definition) is 1. The van der Waals surface area contributed by atoms with Crippen LogP contribution in [0.3, 0.4) is 0 Å². The third kappa shape index (κ3) is 3.05. The maximum absolute atomic E-state index is 11.5. The van der Waals surface area contributed by atoms with Crippen LogP contribution in [0.4, 0.5) is 4.79 Å². The topological polar surface area (TPSA) is 40.5 Å². The molecule has 1 unspecified atom stereocenters. The van der Waals surface area contributed by atoms with Gasteiger partial charge in [-0.1, -0.05) is 28.1 Å². The molecule has 1 N–H and O–H groups in total. The van der Waals surface area contributed by atoms with Gasteiger partial charge < -0.3 is 5.11 Å². The second kappa shape index (κ2) is 5.31. The average molecular weight is 314 g/mol. The molecular formula is C14H20BrNO2. The largest absolute Gasteiger partial charge is 0.465 e. The second-order valence-corrected chi connectivity index (χ2v) is 6.31. The number of amides is 1. The first-order chi connectivity index (χ1) is 8.16.